The van der Waals surface area contributed by atoms with Gasteiger partial charge < -0.3 is 10.8 Å². The molecule has 0 atom stereocenters. The first-order chi connectivity index (χ1) is 11.4. The molecule has 0 bridgehead atoms. The second-order valence-corrected chi connectivity index (χ2v) is 6.77. The summed E-state index contributed by atoms with van der Waals surface area (Å²) in [6.45, 7) is 1.83. The van der Waals surface area contributed by atoms with Crippen LogP contribution in [0.4, 0.5) is 0 Å². The van der Waals surface area contributed by atoms with Crippen molar-refractivity contribution in [3.05, 3.63) is 56.8 Å². The van der Waals surface area contributed by atoms with Crippen molar-refractivity contribution in [2.45, 2.75) is 32.6 Å². The zero-order valence-electron chi connectivity index (χ0n) is 13.4. The van der Waals surface area contributed by atoms with Gasteiger partial charge in [-0.3, -0.25) is 14.4 Å². The molecule has 0 aliphatic carbocycles. The molecule has 5 nitrogen and oxygen atoms in total. The van der Waals surface area contributed by atoms with Crippen LogP contribution in [0.2, 0.25) is 0 Å². The van der Waals surface area contributed by atoms with Gasteiger partial charge in [-0.25, -0.2) is 0 Å². The highest BCUT2D eigenvalue weighted by Gasteiger charge is 2.21. The number of thiophene rings is 1. The Kier molecular flexibility index (Phi) is 5.87. The predicted molar refractivity (Wildman–Crippen MR) is 92.4 cm³/mol. The minimum atomic E-state index is -1.01. The van der Waals surface area contributed by atoms with Crippen molar-refractivity contribution in [3.63, 3.8) is 0 Å². The monoisotopic (exact) mass is 345 g/mol. The van der Waals surface area contributed by atoms with Crippen LogP contribution in [0.25, 0.3) is 0 Å². The lowest BCUT2D eigenvalue weighted by Gasteiger charge is -2.01. The van der Waals surface area contributed by atoms with Crippen LogP contribution in [0.5, 0.6) is 0 Å². The Bertz CT molecular complexity index is 765. The molecule has 0 unspecified atom stereocenters. The Balaban J connectivity index is 2.24. The molecule has 0 aliphatic heterocycles. The molecule has 1 amide bonds. The summed E-state index contributed by atoms with van der Waals surface area (Å²) in [5.41, 5.74) is 7.80. The molecule has 0 saturated carbocycles. The van der Waals surface area contributed by atoms with Gasteiger partial charge >= 0.3 is 5.97 Å². The van der Waals surface area contributed by atoms with Gasteiger partial charge in [-0.2, -0.15) is 0 Å². The van der Waals surface area contributed by atoms with Crippen LogP contribution in [0.3, 0.4) is 0 Å². The molecule has 2 aromatic rings. The number of amides is 1. The van der Waals surface area contributed by atoms with Crippen LogP contribution in [0.15, 0.2) is 30.3 Å². The smallest absolute Gasteiger partial charge is 0.303 e. The number of carbonyl (C=O) groups excluding carboxylic acids is 2. The molecule has 0 spiro atoms. The van der Waals surface area contributed by atoms with Gasteiger partial charge in [0.2, 0.25) is 5.91 Å². The molecule has 126 valence electrons. The van der Waals surface area contributed by atoms with Crippen molar-refractivity contribution in [2.75, 3.05) is 0 Å². The summed E-state index contributed by atoms with van der Waals surface area (Å²) >= 11 is 1.40. The number of hydrogen-bond acceptors (Lipinski definition) is 4. The molecule has 1 aromatic carbocycles. The third-order valence-corrected chi connectivity index (χ3v) is 5.04. The molecule has 2 rings (SSSR count). The third kappa shape index (κ3) is 4.52. The molecule has 0 radical (unpaired) electrons. The molecule has 1 heterocycles. The summed E-state index contributed by atoms with van der Waals surface area (Å²) in [6, 6.07) is 9.83. The molecule has 3 N–H and O–H groups in total. The van der Waals surface area contributed by atoms with Gasteiger partial charge in [0.05, 0.1) is 12.0 Å². The van der Waals surface area contributed by atoms with Crippen molar-refractivity contribution in [1.82, 2.24) is 0 Å². The molecule has 0 aliphatic rings. The fraction of sp³-hybridized carbons (Fsp3) is 0.278. The lowest BCUT2D eigenvalue weighted by Crippen LogP contribution is -2.15. The number of benzene rings is 1. The second kappa shape index (κ2) is 7.88. The van der Waals surface area contributed by atoms with Gasteiger partial charge in [0.25, 0.3) is 0 Å². The number of carboxylic acid groups (broad SMARTS) is 1. The number of carbonyl (C=O) groups is 3. The minimum Gasteiger partial charge on any atom is -0.481 e. The molecule has 24 heavy (non-hydrogen) atoms. The second-order valence-electron chi connectivity index (χ2n) is 5.58. The fourth-order valence-electron chi connectivity index (χ4n) is 2.54. The number of ketones is 1. The number of nitrogens with two attached hydrogens (primary N) is 1. The third-order valence-electron chi connectivity index (χ3n) is 3.75. The topological polar surface area (TPSA) is 97.5 Å². The summed E-state index contributed by atoms with van der Waals surface area (Å²) in [4.78, 5) is 35.9. The Morgan fingerprint density at radius 2 is 1.75 bits per heavy atom. The largest absolute Gasteiger partial charge is 0.481 e. The zero-order chi connectivity index (χ0) is 17.7. The average Bonchev–Trinajstić information content (AvgIpc) is 2.82. The number of carboxylic acids is 1. The van der Waals surface area contributed by atoms with Gasteiger partial charge in [-0.1, -0.05) is 30.3 Å². The quantitative estimate of drug-likeness (QED) is 0.768. The van der Waals surface area contributed by atoms with Gasteiger partial charge in [-0.15, -0.1) is 11.3 Å². The average molecular weight is 345 g/mol. The predicted octanol–water partition coefficient (Wildman–Crippen LogP) is 2.72. The van der Waals surface area contributed by atoms with Crippen LogP contribution in [-0.2, 0) is 22.4 Å². The van der Waals surface area contributed by atoms with Crippen LogP contribution in [-0.4, -0.2) is 22.8 Å². The molecular weight excluding hydrogens is 326 g/mol. The number of hydrogen-bond donors (Lipinski definition) is 2. The first kappa shape index (κ1) is 17.9. The maximum atomic E-state index is 12.0. The van der Waals surface area contributed by atoms with Crippen LogP contribution in [0, 0.1) is 6.92 Å². The van der Waals surface area contributed by atoms with E-state index in [1.165, 1.54) is 11.3 Å². The van der Waals surface area contributed by atoms with E-state index in [9.17, 15) is 14.4 Å². The van der Waals surface area contributed by atoms with E-state index in [2.05, 4.69) is 0 Å². The van der Waals surface area contributed by atoms with E-state index in [0.29, 0.717) is 16.9 Å². The standard InChI is InChI=1S/C18H19NO4S/c1-11-14(9-12-5-3-2-4-6-12)24-15(17(11)18(19)23)10-13(20)7-8-16(21)22/h2-6H,7-10H2,1H3,(H2,19,23)(H,21,22). The Hall–Kier alpha value is -2.47. The van der Waals surface area contributed by atoms with E-state index in [1.54, 1.807) is 0 Å². The SMILES string of the molecule is Cc1c(Cc2ccccc2)sc(CC(=O)CCC(=O)O)c1C(N)=O. The molecule has 6 heteroatoms. The highest BCUT2D eigenvalue weighted by atomic mass is 32.1. The molecule has 1 aromatic heterocycles. The maximum absolute atomic E-state index is 12.0. The Labute approximate surface area is 144 Å². The number of Topliss-reactive ketones (excluding diaryl/α,β-unsaturated/α-hetero) is 1. The van der Waals surface area contributed by atoms with Gasteiger partial charge in [0.1, 0.15) is 5.78 Å². The first-order valence-corrected chi connectivity index (χ1v) is 8.38. The summed E-state index contributed by atoms with van der Waals surface area (Å²) in [6.07, 6.45) is 0.469. The highest BCUT2D eigenvalue weighted by Crippen LogP contribution is 2.30. The summed E-state index contributed by atoms with van der Waals surface area (Å²) in [5, 5.41) is 8.66. The Morgan fingerprint density at radius 1 is 1.08 bits per heavy atom. The number of aliphatic carboxylic acids is 1. The molecule has 0 fully saturated rings. The highest BCUT2D eigenvalue weighted by molar-refractivity contribution is 7.12. The summed E-state index contributed by atoms with van der Waals surface area (Å²) in [7, 11) is 0. The van der Waals surface area contributed by atoms with Crippen LogP contribution >= 0.6 is 11.3 Å². The number of rotatable bonds is 8. The van der Waals surface area contributed by atoms with E-state index in [-0.39, 0.29) is 25.0 Å². The summed E-state index contributed by atoms with van der Waals surface area (Å²) < 4.78 is 0. The van der Waals surface area contributed by atoms with Crippen molar-refractivity contribution < 1.29 is 19.5 Å². The van der Waals surface area contributed by atoms with E-state index in [4.69, 9.17) is 10.8 Å². The van der Waals surface area contributed by atoms with Crippen LogP contribution < -0.4 is 5.73 Å². The zero-order valence-corrected chi connectivity index (χ0v) is 14.2. The van der Waals surface area contributed by atoms with Crippen molar-refractivity contribution >= 4 is 29.0 Å². The van der Waals surface area contributed by atoms with Crippen LogP contribution in [0.1, 0.15) is 44.1 Å². The molecular formula is C18H19NO4S. The lowest BCUT2D eigenvalue weighted by atomic mass is 10.0. The Morgan fingerprint density at radius 3 is 2.33 bits per heavy atom. The van der Waals surface area contributed by atoms with E-state index in [1.807, 2.05) is 37.3 Å². The minimum absolute atomic E-state index is 0.0432. The maximum Gasteiger partial charge on any atom is 0.303 e. The normalized spacial score (nSPS) is 10.5. The lowest BCUT2D eigenvalue weighted by molar-refractivity contribution is -0.138. The van der Waals surface area contributed by atoms with Gasteiger partial charge in [0.15, 0.2) is 0 Å². The van der Waals surface area contributed by atoms with Crippen molar-refractivity contribution in [3.8, 4) is 0 Å². The van der Waals surface area contributed by atoms with E-state index < -0.39 is 11.9 Å². The van der Waals surface area contributed by atoms with Crippen molar-refractivity contribution in [2.24, 2.45) is 5.73 Å². The van der Waals surface area contributed by atoms with E-state index in [0.717, 1.165) is 16.0 Å². The number of primary amides is 1. The van der Waals surface area contributed by atoms with Gasteiger partial charge in [-0.05, 0) is 18.1 Å². The van der Waals surface area contributed by atoms with Gasteiger partial charge in [0, 0.05) is 29.0 Å². The fourth-order valence-corrected chi connectivity index (χ4v) is 3.92. The first-order valence-electron chi connectivity index (χ1n) is 7.56. The van der Waals surface area contributed by atoms with E-state index >= 15 is 0 Å². The van der Waals surface area contributed by atoms with Crippen molar-refractivity contribution in [1.29, 1.82) is 0 Å². The molecule has 0 saturated heterocycles. The summed E-state index contributed by atoms with van der Waals surface area (Å²) in [5.74, 6) is -1.76.